The normalized spacial score (nSPS) is 13.8. The van der Waals surface area contributed by atoms with Crippen LogP contribution in [-0.2, 0) is 5.60 Å². The van der Waals surface area contributed by atoms with Crippen molar-refractivity contribution in [2.45, 2.75) is 26.4 Å². The van der Waals surface area contributed by atoms with E-state index < -0.39 is 5.60 Å². The summed E-state index contributed by atoms with van der Waals surface area (Å²) in [4.78, 5) is 4.46. The van der Waals surface area contributed by atoms with Gasteiger partial charge < -0.3 is 5.11 Å². The van der Waals surface area contributed by atoms with Crippen molar-refractivity contribution in [2.75, 3.05) is 0 Å². The van der Waals surface area contributed by atoms with Crippen LogP contribution in [0.1, 0.15) is 29.7 Å². The van der Waals surface area contributed by atoms with Gasteiger partial charge in [-0.05, 0) is 38.5 Å². The minimum atomic E-state index is -1.21. The lowest BCUT2D eigenvalue weighted by atomic mass is 9.95. The number of nitrogens with zero attached hydrogens (tertiary/aromatic N) is 3. The molecule has 2 aromatic carbocycles. The molecule has 4 nitrogen and oxygen atoms in total. The summed E-state index contributed by atoms with van der Waals surface area (Å²) in [5.74, 6) is 1.15. The summed E-state index contributed by atoms with van der Waals surface area (Å²) in [6.45, 7) is 5.61. The third-order valence-electron chi connectivity index (χ3n) is 3.76. The van der Waals surface area contributed by atoms with Gasteiger partial charge in [0.15, 0.2) is 5.82 Å². The molecule has 1 N–H and O–H groups in total. The molecule has 3 rings (SSSR count). The van der Waals surface area contributed by atoms with Crippen LogP contribution in [0.2, 0.25) is 0 Å². The Balaban J connectivity index is 2.14. The van der Waals surface area contributed by atoms with Crippen molar-refractivity contribution in [1.82, 2.24) is 14.8 Å². The number of hydrogen-bond donors (Lipinski definition) is 1. The second-order valence-corrected chi connectivity index (χ2v) is 5.67. The minimum absolute atomic E-state index is 0.514. The lowest BCUT2D eigenvalue weighted by Gasteiger charge is -2.23. The fourth-order valence-electron chi connectivity index (χ4n) is 2.49. The van der Waals surface area contributed by atoms with Gasteiger partial charge >= 0.3 is 0 Å². The van der Waals surface area contributed by atoms with Crippen molar-refractivity contribution in [1.29, 1.82) is 0 Å². The smallest absolute Gasteiger partial charge is 0.168 e. The highest BCUT2D eigenvalue weighted by Crippen LogP contribution is 2.29. The highest BCUT2D eigenvalue weighted by atomic mass is 16.3. The number of benzene rings is 2. The van der Waals surface area contributed by atoms with E-state index in [0.717, 1.165) is 11.3 Å². The van der Waals surface area contributed by atoms with E-state index in [0.29, 0.717) is 11.6 Å². The molecule has 1 heterocycles. The zero-order valence-corrected chi connectivity index (χ0v) is 13.0. The molecule has 0 unspecified atom stereocenters. The van der Waals surface area contributed by atoms with E-state index >= 15 is 0 Å². The molecule has 0 aliphatic carbocycles. The first kappa shape index (κ1) is 14.5. The first-order valence-corrected chi connectivity index (χ1v) is 7.27. The summed E-state index contributed by atoms with van der Waals surface area (Å²) in [6.07, 6.45) is 0. The first-order valence-electron chi connectivity index (χ1n) is 7.27. The van der Waals surface area contributed by atoms with Gasteiger partial charge in [0.05, 0.1) is 5.69 Å². The average Bonchev–Trinajstić information content (AvgIpc) is 2.92. The number of hydrogen-bond acceptors (Lipinski definition) is 3. The van der Waals surface area contributed by atoms with Crippen LogP contribution in [0.5, 0.6) is 0 Å². The number of rotatable bonds is 3. The topological polar surface area (TPSA) is 50.9 Å². The van der Waals surface area contributed by atoms with E-state index in [1.165, 1.54) is 5.56 Å². The molecule has 4 heteroatoms. The Morgan fingerprint density at radius 1 is 0.955 bits per heavy atom. The molecule has 0 aliphatic rings. The van der Waals surface area contributed by atoms with Gasteiger partial charge in [-0.2, -0.15) is 5.10 Å². The second kappa shape index (κ2) is 5.39. The van der Waals surface area contributed by atoms with E-state index in [1.54, 1.807) is 11.6 Å². The molecule has 0 saturated heterocycles. The average molecular weight is 293 g/mol. The van der Waals surface area contributed by atoms with Gasteiger partial charge in [-0.1, -0.05) is 48.0 Å². The van der Waals surface area contributed by atoms with Crippen LogP contribution < -0.4 is 0 Å². The molecular weight excluding hydrogens is 274 g/mol. The minimum Gasteiger partial charge on any atom is -0.377 e. The van der Waals surface area contributed by atoms with Gasteiger partial charge in [0.1, 0.15) is 11.4 Å². The monoisotopic (exact) mass is 293 g/mol. The third-order valence-corrected chi connectivity index (χ3v) is 3.76. The molecule has 22 heavy (non-hydrogen) atoms. The molecule has 3 aromatic rings. The van der Waals surface area contributed by atoms with Crippen LogP contribution in [-0.4, -0.2) is 19.9 Å². The first-order chi connectivity index (χ1) is 10.5. The van der Waals surface area contributed by atoms with Crippen molar-refractivity contribution in [3.05, 3.63) is 77.4 Å². The number of aromatic nitrogens is 3. The zero-order chi connectivity index (χ0) is 15.7. The van der Waals surface area contributed by atoms with E-state index in [2.05, 4.69) is 10.1 Å². The largest absolute Gasteiger partial charge is 0.377 e. The predicted octanol–water partition coefficient (Wildman–Crippen LogP) is 3.14. The summed E-state index contributed by atoms with van der Waals surface area (Å²) < 4.78 is 1.71. The molecule has 1 atom stereocenters. The molecule has 0 bridgehead atoms. The van der Waals surface area contributed by atoms with E-state index in [1.807, 2.05) is 68.4 Å². The Kier molecular flexibility index (Phi) is 3.54. The van der Waals surface area contributed by atoms with Crippen LogP contribution >= 0.6 is 0 Å². The Labute approximate surface area is 130 Å². The molecule has 0 radical (unpaired) electrons. The molecular formula is C18H19N3O. The van der Waals surface area contributed by atoms with E-state index in [-0.39, 0.29) is 0 Å². The van der Waals surface area contributed by atoms with Gasteiger partial charge in [0.25, 0.3) is 0 Å². The van der Waals surface area contributed by atoms with Crippen molar-refractivity contribution >= 4 is 0 Å². The summed E-state index contributed by atoms with van der Waals surface area (Å²) in [5.41, 5.74) is 1.64. The van der Waals surface area contributed by atoms with Crippen molar-refractivity contribution in [3.63, 3.8) is 0 Å². The number of aliphatic hydroxyl groups is 1. The predicted molar refractivity (Wildman–Crippen MR) is 85.9 cm³/mol. The maximum absolute atomic E-state index is 11.0. The van der Waals surface area contributed by atoms with Crippen LogP contribution in [0.15, 0.2) is 54.6 Å². The van der Waals surface area contributed by atoms with Gasteiger partial charge in [0.2, 0.25) is 0 Å². The maximum atomic E-state index is 11.0. The number of aryl methyl sites for hydroxylation is 2. The fraction of sp³-hybridized carbons (Fsp3) is 0.222. The fourth-order valence-corrected chi connectivity index (χ4v) is 2.49. The summed E-state index contributed by atoms with van der Waals surface area (Å²) >= 11 is 0. The lowest BCUT2D eigenvalue weighted by Crippen LogP contribution is -2.27. The molecule has 0 fully saturated rings. The third kappa shape index (κ3) is 2.53. The van der Waals surface area contributed by atoms with Crippen molar-refractivity contribution in [2.24, 2.45) is 0 Å². The quantitative estimate of drug-likeness (QED) is 0.807. The Morgan fingerprint density at radius 2 is 1.59 bits per heavy atom. The maximum Gasteiger partial charge on any atom is 0.168 e. The zero-order valence-electron chi connectivity index (χ0n) is 13.0. The van der Waals surface area contributed by atoms with Gasteiger partial charge in [0, 0.05) is 0 Å². The van der Waals surface area contributed by atoms with Crippen LogP contribution in [0, 0.1) is 13.8 Å². The summed E-state index contributed by atoms with van der Waals surface area (Å²) in [6, 6.07) is 17.5. The standard InChI is InChI=1S/C18H19N3O/c1-13-9-11-16(12-10-13)21-17(19-14(2)20-21)18(3,22)15-7-5-4-6-8-15/h4-12,22H,1-3H3/t18-/m1/s1. The Hall–Kier alpha value is -2.46. The highest BCUT2D eigenvalue weighted by Gasteiger charge is 2.32. The highest BCUT2D eigenvalue weighted by molar-refractivity contribution is 5.37. The SMILES string of the molecule is Cc1ccc(-n2nc(C)nc2[C@](C)(O)c2ccccc2)cc1. The van der Waals surface area contributed by atoms with Gasteiger partial charge in [-0.25, -0.2) is 9.67 Å². The van der Waals surface area contributed by atoms with Crippen molar-refractivity contribution < 1.29 is 5.11 Å². The molecule has 112 valence electrons. The van der Waals surface area contributed by atoms with E-state index in [9.17, 15) is 5.11 Å². The van der Waals surface area contributed by atoms with Gasteiger partial charge in [-0.3, -0.25) is 0 Å². The Morgan fingerprint density at radius 3 is 2.23 bits per heavy atom. The molecule has 0 spiro atoms. The lowest BCUT2D eigenvalue weighted by molar-refractivity contribution is 0.0897. The van der Waals surface area contributed by atoms with Crippen LogP contribution in [0.3, 0.4) is 0 Å². The Bertz CT molecular complexity index is 774. The molecule has 0 aliphatic heterocycles. The molecule has 1 aromatic heterocycles. The van der Waals surface area contributed by atoms with Crippen LogP contribution in [0.4, 0.5) is 0 Å². The molecule has 0 amide bonds. The van der Waals surface area contributed by atoms with E-state index in [4.69, 9.17) is 0 Å². The van der Waals surface area contributed by atoms with Gasteiger partial charge in [-0.15, -0.1) is 0 Å². The van der Waals surface area contributed by atoms with Crippen molar-refractivity contribution in [3.8, 4) is 5.69 Å². The summed E-state index contributed by atoms with van der Waals surface area (Å²) in [5, 5.41) is 15.5. The van der Waals surface area contributed by atoms with Crippen LogP contribution in [0.25, 0.3) is 5.69 Å². The second-order valence-electron chi connectivity index (χ2n) is 5.67. The summed E-state index contributed by atoms with van der Waals surface area (Å²) in [7, 11) is 0. The molecule has 0 saturated carbocycles.